The molecule has 5 nitrogen and oxygen atoms in total. The van der Waals surface area contributed by atoms with Crippen molar-refractivity contribution in [3.8, 4) is 0 Å². The minimum atomic E-state index is -0.650. The number of anilines is 1. The molecule has 22 heavy (non-hydrogen) atoms. The van der Waals surface area contributed by atoms with Gasteiger partial charge in [0, 0.05) is 11.6 Å². The molecule has 3 aromatic rings. The topological polar surface area (TPSA) is 63.6 Å². The van der Waals surface area contributed by atoms with Crippen LogP contribution in [0.1, 0.15) is 5.69 Å². The number of pyridine rings is 1. The molecule has 0 aliphatic heterocycles. The van der Waals surface area contributed by atoms with Crippen LogP contribution in [0, 0.1) is 0 Å². The first-order chi connectivity index (χ1) is 10.8. The van der Waals surface area contributed by atoms with E-state index in [1.165, 1.54) is 6.21 Å². The minimum absolute atomic E-state index is 0.612. The van der Waals surface area contributed by atoms with E-state index in [0.717, 1.165) is 10.8 Å². The van der Waals surface area contributed by atoms with Crippen LogP contribution >= 0.6 is 0 Å². The van der Waals surface area contributed by atoms with E-state index >= 15 is 0 Å². The molecule has 0 saturated carbocycles. The molecular weight excluding hydrogens is 278 g/mol. The molecule has 0 radical (unpaired) electrons. The van der Waals surface area contributed by atoms with E-state index in [4.69, 9.17) is 4.84 Å². The van der Waals surface area contributed by atoms with Crippen molar-refractivity contribution in [3.05, 3.63) is 72.6 Å². The van der Waals surface area contributed by atoms with Crippen LogP contribution in [0.3, 0.4) is 0 Å². The predicted molar refractivity (Wildman–Crippen MR) is 85.9 cm³/mol. The smallest absolute Gasteiger partial charge is 0.298 e. The standard InChI is InChI=1S/C17H13N3O2/c21-17(22-19-12-14-8-3-4-11-18-14)20-16-10-5-7-13-6-1-2-9-15(13)16/h1-12H,(H,20,21)/b19-12+. The van der Waals surface area contributed by atoms with E-state index in [1.54, 1.807) is 18.3 Å². The van der Waals surface area contributed by atoms with E-state index in [2.05, 4.69) is 15.5 Å². The summed E-state index contributed by atoms with van der Waals surface area (Å²) in [5.41, 5.74) is 1.29. The maximum atomic E-state index is 11.8. The summed E-state index contributed by atoms with van der Waals surface area (Å²) in [6.45, 7) is 0. The highest BCUT2D eigenvalue weighted by Crippen LogP contribution is 2.22. The van der Waals surface area contributed by atoms with Crippen LogP contribution < -0.4 is 5.32 Å². The van der Waals surface area contributed by atoms with Gasteiger partial charge in [-0.15, -0.1) is 0 Å². The van der Waals surface area contributed by atoms with Gasteiger partial charge in [0.1, 0.15) is 0 Å². The molecule has 0 unspecified atom stereocenters. The van der Waals surface area contributed by atoms with Crippen molar-refractivity contribution in [1.29, 1.82) is 0 Å². The van der Waals surface area contributed by atoms with Gasteiger partial charge >= 0.3 is 6.09 Å². The Balaban J connectivity index is 1.67. The number of nitrogens with one attached hydrogen (secondary N) is 1. The van der Waals surface area contributed by atoms with Crippen LogP contribution in [0.5, 0.6) is 0 Å². The maximum Gasteiger partial charge on any atom is 0.437 e. The molecule has 0 aliphatic carbocycles. The molecule has 1 aromatic heterocycles. The molecule has 0 saturated heterocycles. The Morgan fingerprint density at radius 2 is 1.86 bits per heavy atom. The number of rotatable bonds is 3. The number of aromatic nitrogens is 1. The van der Waals surface area contributed by atoms with Crippen molar-refractivity contribution < 1.29 is 9.63 Å². The zero-order valence-corrected chi connectivity index (χ0v) is 11.6. The van der Waals surface area contributed by atoms with Crippen LogP contribution in [-0.4, -0.2) is 17.3 Å². The third-order valence-corrected chi connectivity index (χ3v) is 3.03. The molecule has 0 spiro atoms. The van der Waals surface area contributed by atoms with Gasteiger partial charge in [0.25, 0.3) is 0 Å². The Morgan fingerprint density at radius 1 is 1.05 bits per heavy atom. The van der Waals surface area contributed by atoms with E-state index in [0.29, 0.717) is 11.4 Å². The lowest BCUT2D eigenvalue weighted by molar-refractivity contribution is 0.167. The van der Waals surface area contributed by atoms with Crippen LogP contribution in [0.15, 0.2) is 72.0 Å². The van der Waals surface area contributed by atoms with Gasteiger partial charge < -0.3 is 0 Å². The monoisotopic (exact) mass is 291 g/mol. The van der Waals surface area contributed by atoms with E-state index in [-0.39, 0.29) is 0 Å². The zero-order valence-electron chi connectivity index (χ0n) is 11.6. The summed E-state index contributed by atoms with van der Waals surface area (Å²) < 4.78 is 0. The second-order valence-corrected chi connectivity index (χ2v) is 4.52. The number of hydrogen-bond donors (Lipinski definition) is 1. The normalized spacial score (nSPS) is 10.7. The highest BCUT2D eigenvalue weighted by atomic mass is 16.7. The third kappa shape index (κ3) is 3.27. The fourth-order valence-electron chi connectivity index (χ4n) is 2.05. The molecule has 0 bridgehead atoms. The first kappa shape index (κ1) is 13.8. The largest absolute Gasteiger partial charge is 0.437 e. The summed E-state index contributed by atoms with van der Waals surface area (Å²) >= 11 is 0. The highest BCUT2D eigenvalue weighted by molar-refractivity contribution is 6.00. The average molecular weight is 291 g/mol. The number of amides is 1. The maximum absolute atomic E-state index is 11.8. The van der Waals surface area contributed by atoms with Crippen molar-refractivity contribution in [2.45, 2.75) is 0 Å². The molecular formula is C17H13N3O2. The number of hydrogen-bond acceptors (Lipinski definition) is 4. The Bertz CT molecular complexity index is 811. The molecule has 0 fully saturated rings. The molecule has 108 valence electrons. The lowest BCUT2D eigenvalue weighted by atomic mass is 10.1. The molecule has 5 heteroatoms. The molecule has 0 aliphatic rings. The minimum Gasteiger partial charge on any atom is -0.298 e. The number of carbonyl (C=O) groups is 1. The summed E-state index contributed by atoms with van der Waals surface area (Å²) in [4.78, 5) is 20.6. The van der Waals surface area contributed by atoms with Gasteiger partial charge in [0.15, 0.2) is 0 Å². The van der Waals surface area contributed by atoms with Gasteiger partial charge in [0.2, 0.25) is 0 Å². The van der Waals surface area contributed by atoms with Gasteiger partial charge in [-0.25, -0.2) is 4.79 Å². The summed E-state index contributed by atoms with van der Waals surface area (Å²) in [6, 6.07) is 18.8. The van der Waals surface area contributed by atoms with Gasteiger partial charge in [-0.3, -0.25) is 15.1 Å². The second kappa shape index (κ2) is 6.49. The van der Waals surface area contributed by atoms with Crippen LogP contribution in [0.4, 0.5) is 10.5 Å². The Labute approximate surface area is 127 Å². The third-order valence-electron chi connectivity index (χ3n) is 3.03. The van der Waals surface area contributed by atoms with Crippen molar-refractivity contribution in [2.24, 2.45) is 5.16 Å². The highest BCUT2D eigenvalue weighted by Gasteiger charge is 2.05. The molecule has 1 heterocycles. The van der Waals surface area contributed by atoms with Crippen molar-refractivity contribution in [3.63, 3.8) is 0 Å². The number of carbonyl (C=O) groups excluding carboxylic acids is 1. The first-order valence-corrected chi connectivity index (χ1v) is 6.73. The summed E-state index contributed by atoms with van der Waals surface area (Å²) in [6.07, 6.45) is 2.36. The summed E-state index contributed by atoms with van der Waals surface area (Å²) in [5, 5.41) is 8.27. The number of nitrogens with zero attached hydrogens (tertiary/aromatic N) is 2. The van der Waals surface area contributed by atoms with Gasteiger partial charge in [0.05, 0.1) is 17.6 Å². The summed E-state index contributed by atoms with van der Waals surface area (Å²) in [5.74, 6) is 0. The molecule has 1 N–H and O–H groups in total. The number of oxime groups is 1. The van der Waals surface area contributed by atoms with Crippen LogP contribution in [0.2, 0.25) is 0 Å². The predicted octanol–water partition coefficient (Wildman–Crippen LogP) is 3.82. The van der Waals surface area contributed by atoms with Gasteiger partial charge in [-0.05, 0) is 23.6 Å². The molecule has 0 atom stereocenters. The van der Waals surface area contributed by atoms with Gasteiger partial charge in [-0.1, -0.05) is 47.6 Å². The molecule has 1 amide bonds. The molecule has 3 rings (SSSR count). The quantitative estimate of drug-likeness (QED) is 0.453. The van der Waals surface area contributed by atoms with Gasteiger partial charge in [-0.2, -0.15) is 0 Å². The van der Waals surface area contributed by atoms with E-state index in [9.17, 15) is 4.79 Å². The van der Waals surface area contributed by atoms with E-state index in [1.807, 2.05) is 48.5 Å². The Hall–Kier alpha value is -3.21. The fourth-order valence-corrected chi connectivity index (χ4v) is 2.05. The second-order valence-electron chi connectivity index (χ2n) is 4.52. The Kier molecular flexibility index (Phi) is 4.06. The van der Waals surface area contributed by atoms with Crippen LogP contribution in [-0.2, 0) is 4.84 Å². The van der Waals surface area contributed by atoms with E-state index < -0.39 is 6.09 Å². The number of benzene rings is 2. The van der Waals surface area contributed by atoms with Crippen molar-refractivity contribution >= 4 is 28.8 Å². The lowest BCUT2D eigenvalue weighted by Crippen LogP contribution is -2.11. The molecule has 2 aromatic carbocycles. The van der Waals surface area contributed by atoms with Crippen molar-refractivity contribution in [2.75, 3.05) is 5.32 Å². The summed E-state index contributed by atoms with van der Waals surface area (Å²) in [7, 11) is 0. The fraction of sp³-hybridized carbons (Fsp3) is 0. The van der Waals surface area contributed by atoms with Crippen molar-refractivity contribution in [1.82, 2.24) is 4.98 Å². The SMILES string of the molecule is O=C(Nc1cccc2ccccc12)O/N=C/c1ccccn1. The van der Waals surface area contributed by atoms with Crippen LogP contribution in [0.25, 0.3) is 10.8 Å². The first-order valence-electron chi connectivity index (χ1n) is 6.73. The average Bonchev–Trinajstić information content (AvgIpc) is 2.56. The lowest BCUT2D eigenvalue weighted by Gasteiger charge is -2.06. The Morgan fingerprint density at radius 3 is 2.73 bits per heavy atom. The zero-order chi connectivity index (χ0) is 15.2. The number of fused-ring (bicyclic) bond motifs is 1.